The molecular weight excluding hydrogens is 381 g/mol. The Labute approximate surface area is 168 Å². The summed E-state index contributed by atoms with van der Waals surface area (Å²) in [5, 5.41) is 10.3. The van der Waals surface area contributed by atoms with Gasteiger partial charge in [-0.05, 0) is 75.0 Å². The van der Waals surface area contributed by atoms with E-state index in [4.69, 9.17) is 0 Å². The van der Waals surface area contributed by atoms with Crippen molar-refractivity contribution >= 4 is 5.69 Å². The Hall–Kier alpha value is -2.19. The van der Waals surface area contributed by atoms with Gasteiger partial charge in [0.15, 0.2) is 0 Å². The summed E-state index contributed by atoms with van der Waals surface area (Å²) in [7, 11) is 2.15. The van der Waals surface area contributed by atoms with Gasteiger partial charge in [0, 0.05) is 19.3 Å². The first-order valence-electron chi connectivity index (χ1n) is 10.1. The van der Waals surface area contributed by atoms with E-state index in [0.717, 1.165) is 50.3 Å². The van der Waals surface area contributed by atoms with Crippen molar-refractivity contribution in [3.05, 3.63) is 47.3 Å². The molecule has 1 aromatic carbocycles. The number of nitrogens with one attached hydrogen (secondary N) is 2. The number of hydrogen-bond acceptors (Lipinski definition) is 5. The van der Waals surface area contributed by atoms with Crippen molar-refractivity contribution in [3.63, 3.8) is 0 Å². The van der Waals surface area contributed by atoms with Gasteiger partial charge in [-0.25, -0.2) is 5.43 Å². The van der Waals surface area contributed by atoms with E-state index in [1.165, 1.54) is 24.5 Å². The number of alkyl halides is 3. The number of phenolic OH excluding ortho intramolecular Hbond substituents is 1. The molecule has 4 rings (SSSR count). The van der Waals surface area contributed by atoms with Gasteiger partial charge in [-0.3, -0.25) is 0 Å². The molecule has 158 valence electrons. The fraction of sp³-hybridized carbons (Fsp3) is 0.524. The molecule has 0 saturated carbocycles. The molecule has 2 fully saturated rings. The number of hydrogen-bond donors (Lipinski definition) is 3. The molecule has 3 N–H and O–H groups in total. The Morgan fingerprint density at radius 1 is 1.24 bits per heavy atom. The molecule has 3 aliphatic heterocycles. The van der Waals surface area contributed by atoms with Crippen LogP contribution in [0.2, 0.25) is 0 Å². The average Bonchev–Trinajstić information content (AvgIpc) is 2.68. The number of allylic oxidation sites excluding steroid dienone is 2. The summed E-state index contributed by atoms with van der Waals surface area (Å²) < 4.78 is 38.8. The Bertz CT molecular complexity index is 821. The van der Waals surface area contributed by atoms with Crippen molar-refractivity contribution < 1.29 is 18.3 Å². The average molecular weight is 408 g/mol. The third-order valence-corrected chi connectivity index (χ3v) is 6.03. The van der Waals surface area contributed by atoms with E-state index in [9.17, 15) is 18.3 Å². The lowest BCUT2D eigenvalue weighted by molar-refractivity contribution is -0.137. The minimum Gasteiger partial charge on any atom is -0.506 e. The van der Waals surface area contributed by atoms with Gasteiger partial charge in [0.2, 0.25) is 0 Å². The van der Waals surface area contributed by atoms with Crippen LogP contribution in [0.4, 0.5) is 18.9 Å². The SMILES string of the molecule is CN1CCCC(CC2=C3NNCCC3N(c3ccc(C(F)(F)F)cc3O)C=C2)C1. The fourth-order valence-corrected chi connectivity index (χ4v) is 4.63. The van der Waals surface area contributed by atoms with Crippen LogP contribution in [0.3, 0.4) is 0 Å². The summed E-state index contributed by atoms with van der Waals surface area (Å²) >= 11 is 0. The zero-order valence-corrected chi connectivity index (χ0v) is 16.5. The third kappa shape index (κ3) is 4.23. The van der Waals surface area contributed by atoms with Crippen LogP contribution in [-0.4, -0.2) is 42.7 Å². The number of likely N-dealkylation sites (tertiary alicyclic amines) is 1. The lowest BCUT2D eigenvalue weighted by atomic mass is 9.87. The summed E-state index contributed by atoms with van der Waals surface area (Å²) in [5.41, 5.74) is 8.29. The highest BCUT2D eigenvalue weighted by molar-refractivity contribution is 5.64. The van der Waals surface area contributed by atoms with Gasteiger partial charge in [0.05, 0.1) is 23.0 Å². The number of anilines is 1. The van der Waals surface area contributed by atoms with Crippen molar-refractivity contribution in [1.29, 1.82) is 0 Å². The van der Waals surface area contributed by atoms with Crippen LogP contribution in [0, 0.1) is 5.92 Å². The lowest BCUT2D eigenvalue weighted by Crippen LogP contribution is -2.51. The first-order valence-corrected chi connectivity index (χ1v) is 10.1. The van der Waals surface area contributed by atoms with Crippen LogP contribution in [0.1, 0.15) is 31.2 Å². The molecule has 2 unspecified atom stereocenters. The number of halogens is 3. The maximum absolute atomic E-state index is 12.9. The lowest BCUT2D eigenvalue weighted by Gasteiger charge is -2.41. The van der Waals surface area contributed by atoms with Gasteiger partial charge >= 0.3 is 6.18 Å². The highest BCUT2D eigenvalue weighted by Gasteiger charge is 2.34. The van der Waals surface area contributed by atoms with Crippen molar-refractivity contribution in [1.82, 2.24) is 15.8 Å². The zero-order valence-electron chi connectivity index (χ0n) is 16.5. The zero-order chi connectivity index (χ0) is 20.6. The first kappa shape index (κ1) is 20.1. The molecule has 3 heterocycles. The summed E-state index contributed by atoms with van der Waals surface area (Å²) in [6, 6.07) is 3.13. The number of piperidine rings is 1. The second kappa shape index (κ2) is 7.91. The number of rotatable bonds is 3. The van der Waals surface area contributed by atoms with Crippen molar-refractivity contribution in [2.24, 2.45) is 5.92 Å². The van der Waals surface area contributed by atoms with Gasteiger partial charge in [-0.15, -0.1) is 0 Å². The Morgan fingerprint density at radius 3 is 2.79 bits per heavy atom. The molecule has 2 saturated heterocycles. The number of hydrazine groups is 1. The van der Waals surface area contributed by atoms with Crippen molar-refractivity contribution in [2.75, 3.05) is 31.6 Å². The monoisotopic (exact) mass is 408 g/mol. The van der Waals surface area contributed by atoms with Crippen LogP contribution in [0.15, 0.2) is 41.7 Å². The number of phenols is 1. The molecular formula is C21H27F3N4O. The minimum atomic E-state index is -4.48. The molecule has 8 heteroatoms. The summed E-state index contributed by atoms with van der Waals surface area (Å²) in [6.45, 7) is 2.95. The summed E-state index contributed by atoms with van der Waals surface area (Å²) in [6.07, 6.45) is 3.61. The van der Waals surface area contributed by atoms with Crippen LogP contribution in [-0.2, 0) is 6.18 Å². The topological polar surface area (TPSA) is 50.8 Å². The summed E-state index contributed by atoms with van der Waals surface area (Å²) in [5.74, 6) is 0.232. The predicted molar refractivity (Wildman–Crippen MR) is 106 cm³/mol. The molecule has 0 amide bonds. The van der Waals surface area contributed by atoms with Gasteiger partial charge in [-0.2, -0.15) is 13.2 Å². The van der Waals surface area contributed by atoms with Gasteiger partial charge in [0.1, 0.15) is 5.75 Å². The second-order valence-corrected chi connectivity index (χ2v) is 8.19. The number of benzene rings is 1. The van der Waals surface area contributed by atoms with E-state index < -0.39 is 11.7 Å². The molecule has 3 aliphatic rings. The minimum absolute atomic E-state index is 0.0415. The van der Waals surface area contributed by atoms with Gasteiger partial charge in [-0.1, -0.05) is 0 Å². The third-order valence-electron chi connectivity index (χ3n) is 6.03. The normalized spacial score (nSPS) is 25.7. The highest BCUT2D eigenvalue weighted by Crippen LogP contribution is 2.40. The number of fused-ring (bicyclic) bond motifs is 1. The van der Waals surface area contributed by atoms with E-state index in [1.807, 2.05) is 17.2 Å². The van der Waals surface area contributed by atoms with E-state index in [2.05, 4.69) is 22.8 Å². The van der Waals surface area contributed by atoms with Gasteiger partial charge in [0.25, 0.3) is 0 Å². The molecule has 0 aliphatic carbocycles. The van der Waals surface area contributed by atoms with E-state index in [0.29, 0.717) is 11.6 Å². The van der Waals surface area contributed by atoms with E-state index in [-0.39, 0.29) is 11.8 Å². The standard InChI is InChI=1S/C21H27F3N4O/c1-27-9-2-3-14(13-27)11-15-7-10-28(18-6-8-25-26-20(15)18)17-5-4-16(12-19(17)29)21(22,23)24/h4-5,7,10,12,14,18,25-26,29H,2-3,6,8-9,11,13H2,1H3. The molecule has 0 bridgehead atoms. The summed E-state index contributed by atoms with van der Waals surface area (Å²) in [4.78, 5) is 4.23. The largest absolute Gasteiger partial charge is 0.506 e. The van der Waals surface area contributed by atoms with E-state index >= 15 is 0 Å². The fourth-order valence-electron chi connectivity index (χ4n) is 4.63. The predicted octanol–water partition coefficient (Wildman–Crippen LogP) is 3.60. The number of nitrogens with zero attached hydrogens (tertiary/aromatic N) is 2. The first-order chi connectivity index (χ1) is 13.8. The van der Waals surface area contributed by atoms with Crippen molar-refractivity contribution in [2.45, 2.75) is 37.9 Å². The quantitative estimate of drug-likeness (QED) is 0.714. The molecule has 0 radical (unpaired) electrons. The van der Waals surface area contributed by atoms with Crippen LogP contribution < -0.4 is 15.8 Å². The second-order valence-electron chi connectivity index (χ2n) is 8.19. The molecule has 0 spiro atoms. The highest BCUT2D eigenvalue weighted by atomic mass is 19.4. The molecule has 0 aromatic heterocycles. The van der Waals surface area contributed by atoms with Crippen molar-refractivity contribution in [3.8, 4) is 5.75 Å². The van der Waals surface area contributed by atoms with E-state index in [1.54, 1.807) is 0 Å². The molecule has 2 atom stereocenters. The molecule has 29 heavy (non-hydrogen) atoms. The van der Waals surface area contributed by atoms with Crippen LogP contribution in [0.25, 0.3) is 0 Å². The maximum Gasteiger partial charge on any atom is 0.416 e. The molecule has 1 aromatic rings. The van der Waals surface area contributed by atoms with Gasteiger partial charge < -0.3 is 20.3 Å². The smallest absolute Gasteiger partial charge is 0.416 e. The van der Waals surface area contributed by atoms with Crippen LogP contribution in [0.5, 0.6) is 5.75 Å². The molecule has 5 nitrogen and oxygen atoms in total. The Balaban J connectivity index is 1.59. The number of aromatic hydroxyl groups is 1. The maximum atomic E-state index is 12.9. The Kier molecular flexibility index (Phi) is 5.48. The Morgan fingerprint density at radius 2 is 2.07 bits per heavy atom. The van der Waals surface area contributed by atoms with Crippen LogP contribution >= 0.6 is 0 Å².